The first-order valence-electron chi connectivity index (χ1n) is 5.48. The zero-order valence-corrected chi connectivity index (χ0v) is 10.2. The number of aliphatic carboxylic acids is 1. The van der Waals surface area contributed by atoms with E-state index in [0.717, 1.165) is 24.3 Å². The van der Waals surface area contributed by atoms with Crippen LogP contribution in [0.1, 0.15) is 17.2 Å². The van der Waals surface area contributed by atoms with Gasteiger partial charge in [-0.05, 0) is 17.7 Å². The van der Waals surface area contributed by atoms with Crippen molar-refractivity contribution in [1.29, 1.82) is 0 Å². The Morgan fingerprint density at radius 3 is 2.37 bits per heavy atom. The van der Waals surface area contributed by atoms with Crippen molar-refractivity contribution in [1.82, 2.24) is 5.32 Å². The van der Waals surface area contributed by atoms with E-state index in [2.05, 4.69) is 5.32 Å². The Morgan fingerprint density at radius 2 is 1.95 bits per heavy atom. The summed E-state index contributed by atoms with van der Waals surface area (Å²) in [5.74, 6) is -1.16. The minimum absolute atomic E-state index is 0.261. The van der Waals surface area contributed by atoms with Gasteiger partial charge in [0.1, 0.15) is 6.04 Å². The molecule has 0 spiro atoms. The minimum Gasteiger partial charge on any atom is -0.480 e. The molecule has 1 aromatic carbocycles. The molecule has 19 heavy (non-hydrogen) atoms. The maximum absolute atomic E-state index is 12.4. The summed E-state index contributed by atoms with van der Waals surface area (Å²) >= 11 is 0. The van der Waals surface area contributed by atoms with Gasteiger partial charge in [0.2, 0.25) is 0 Å². The van der Waals surface area contributed by atoms with Crippen LogP contribution in [-0.2, 0) is 15.7 Å². The fraction of sp³-hybridized carbons (Fsp3) is 0.417. The normalized spacial score (nSPS) is 13.3. The number of benzene rings is 1. The summed E-state index contributed by atoms with van der Waals surface area (Å²) in [7, 11) is 1.47. The van der Waals surface area contributed by atoms with Gasteiger partial charge >= 0.3 is 12.1 Å². The molecule has 1 unspecified atom stereocenters. The molecule has 1 rings (SSSR count). The van der Waals surface area contributed by atoms with Crippen LogP contribution in [0.3, 0.4) is 0 Å². The van der Waals surface area contributed by atoms with Gasteiger partial charge in [-0.25, -0.2) is 0 Å². The fourth-order valence-electron chi connectivity index (χ4n) is 1.52. The molecule has 0 aliphatic carbocycles. The number of carboxylic acid groups (broad SMARTS) is 1. The van der Waals surface area contributed by atoms with Crippen LogP contribution < -0.4 is 5.32 Å². The van der Waals surface area contributed by atoms with Crippen LogP contribution in [0.2, 0.25) is 0 Å². The highest BCUT2D eigenvalue weighted by Gasteiger charge is 2.30. The number of halogens is 3. The first kappa shape index (κ1) is 15.5. The monoisotopic (exact) mass is 277 g/mol. The number of rotatable bonds is 6. The first-order valence-corrected chi connectivity index (χ1v) is 5.48. The lowest BCUT2D eigenvalue weighted by molar-refractivity contribution is -0.139. The molecule has 1 atom stereocenters. The summed E-state index contributed by atoms with van der Waals surface area (Å²) < 4.78 is 41.9. The topological polar surface area (TPSA) is 58.6 Å². The molecule has 0 aliphatic rings. The van der Waals surface area contributed by atoms with Crippen LogP contribution in [-0.4, -0.2) is 31.3 Å². The number of hydrogen-bond donors (Lipinski definition) is 2. The summed E-state index contributed by atoms with van der Waals surface area (Å²) in [5, 5.41) is 11.7. The van der Waals surface area contributed by atoms with Crippen molar-refractivity contribution < 1.29 is 27.8 Å². The van der Waals surface area contributed by atoms with Crippen LogP contribution >= 0.6 is 0 Å². The van der Waals surface area contributed by atoms with E-state index in [1.807, 2.05) is 0 Å². The lowest BCUT2D eigenvalue weighted by atomic mass is 10.0. The van der Waals surface area contributed by atoms with Crippen LogP contribution in [0.5, 0.6) is 0 Å². The van der Waals surface area contributed by atoms with E-state index >= 15 is 0 Å². The maximum Gasteiger partial charge on any atom is 0.416 e. The van der Waals surface area contributed by atoms with Crippen molar-refractivity contribution in [2.45, 2.75) is 12.2 Å². The van der Waals surface area contributed by atoms with E-state index in [-0.39, 0.29) is 12.1 Å². The molecule has 0 radical (unpaired) electrons. The molecule has 0 saturated carbocycles. The van der Waals surface area contributed by atoms with Crippen LogP contribution in [0, 0.1) is 0 Å². The van der Waals surface area contributed by atoms with Gasteiger partial charge in [0, 0.05) is 13.7 Å². The van der Waals surface area contributed by atoms with Crippen molar-refractivity contribution in [3.63, 3.8) is 0 Å². The van der Waals surface area contributed by atoms with E-state index in [9.17, 15) is 18.0 Å². The number of carbonyl (C=O) groups is 1. The summed E-state index contributed by atoms with van der Waals surface area (Å²) in [6.07, 6.45) is -4.43. The number of nitrogens with one attached hydrogen (secondary N) is 1. The highest BCUT2D eigenvalue weighted by Crippen LogP contribution is 2.29. The van der Waals surface area contributed by atoms with Crippen LogP contribution in [0.15, 0.2) is 24.3 Å². The maximum atomic E-state index is 12.4. The Morgan fingerprint density at radius 1 is 1.37 bits per heavy atom. The van der Waals surface area contributed by atoms with Crippen LogP contribution in [0.25, 0.3) is 0 Å². The smallest absolute Gasteiger partial charge is 0.416 e. The quantitative estimate of drug-likeness (QED) is 0.781. The zero-order valence-electron chi connectivity index (χ0n) is 10.2. The highest BCUT2D eigenvalue weighted by molar-refractivity contribution is 5.75. The van der Waals surface area contributed by atoms with E-state index in [0.29, 0.717) is 6.61 Å². The van der Waals surface area contributed by atoms with Gasteiger partial charge in [0.05, 0.1) is 12.2 Å². The van der Waals surface area contributed by atoms with Gasteiger partial charge in [0.15, 0.2) is 0 Å². The Labute approximate surface area is 108 Å². The molecule has 0 fully saturated rings. The molecule has 2 N–H and O–H groups in total. The molecule has 7 heteroatoms. The molecule has 0 amide bonds. The van der Waals surface area contributed by atoms with Crippen molar-refractivity contribution in [3.8, 4) is 0 Å². The van der Waals surface area contributed by atoms with Gasteiger partial charge in [-0.2, -0.15) is 13.2 Å². The van der Waals surface area contributed by atoms with Gasteiger partial charge in [-0.1, -0.05) is 12.1 Å². The molecule has 0 heterocycles. The van der Waals surface area contributed by atoms with Gasteiger partial charge < -0.3 is 9.84 Å². The van der Waals surface area contributed by atoms with Crippen molar-refractivity contribution in [3.05, 3.63) is 35.4 Å². The predicted molar refractivity (Wildman–Crippen MR) is 61.7 cm³/mol. The van der Waals surface area contributed by atoms with Gasteiger partial charge in [-0.3, -0.25) is 10.1 Å². The lowest BCUT2D eigenvalue weighted by Crippen LogP contribution is -2.31. The standard InChI is InChI=1S/C12H14F3NO3/c1-19-7-6-16-10(11(17)18)8-2-4-9(5-3-8)12(13,14)15/h2-5,10,16H,6-7H2,1H3,(H,17,18). The zero-order chi connectivity index (χ0) is 14.5. The lowest BCUT2D eigenvalue weighted by Gasteiger charge is -2.15. The molecule has 106 valence electrons. The van der Waals surface area contributed by atoms with E-state index in [1.54, 1.807) is 0 Å². The third-order valence-electron chi connectivity index (χ3n) is 2.47. The number of methoxy groups -OCH3 is 1. The Kier molecular flexibility index (Phi) is 5.31. The van der Waals surface area contributed by atoms with Crippen molar-refractivity contribution in [2.24, 2.45) is 0 Å². The molecule has 4 nitrogen and oxygen atoms in total. The molecular formula is C12H14F3NO3. The third-order valence-corrected chi connectivity index (χ3v) is 2.47. The Balaban J connectivity index is 2.83. The second-order valence-corrected chi connectivity index (χ2v) is 3.84. The van der Waals surface area contributed by atoms with E-state index in [1.165, 1.54) is 7.11 Å². The van der Waals surface area contributed by atoms with E-state index in [4.69, 9.17) is 9.84 Å². The first-order chi connectivity index (χ1) is 8.86. The van der Waals surface area contributed by atoms with Crippen molar-refractivity contribution in [2.75, 3.05) is 20.3 Å². The van der Waals surface area contributed by atoms with Gasteiger partial charge in [0.25, 0.3) is 0 Å². The molecule has 0 aliphatic heterocycles. The number of alkyl halides is 3. The summed E-state index contributed by atoms with van der Waals surface area (Å²) in [5.41, 5.74) is -0.547. The van der Waals surface area contributed by atoms with Crippen molar-refractivity contribution >= 4 is 5.97 Å². The number of hydrogen-bond acceptors (Lipinski definition) is 3. The molecular weight excluding hydrogens is 263 g/mol. The summed E-state index contributed by atoms with van der Waals surface area (Å²) in [6, 6.07) is 2.98. The van der Waals surface area contributed by atoms with Crippen LogP contribution in [0.4, 0.5) is 13.2 Å². The number of ether oxygens (including phenoxy) is 1. The molecule has 1 aromatic rings. The Bertz CT molecular complexity index is 417. The summed E-state index contributed by atoms with van der Waals surface area (Å²) in [6.45, 7) is 0.596. The molecule has 0 saturated heterocycles. The highest BCUT2D eigenvalue weighted by atomic mass is 19.4. The second-order valence-electron chi connectivity index (χ2n) is 3.84. The minimum atomic E-state index is -4.43. The largest absolute Gasteiger partial charge is 0.480 e. The second kappa shape index (κ2) is 6.53. The third kappa shape index (κ3) is 4.53. The average Bonchev–Trinajstić information content (AvgIpc) is 2.33. The Hall–Kier alpha value is -1.60. The fourth-order valence-corrected chi connectivity index (χ4v) is 1.52. The average molecular weight is 277 g/mol. The molecule has 0 bridgehead atoms. The van der Waals surface area contributed by atoms with E-state index < -0.39 is 23.8 Å². The number of carboxylic acids is 1. The SMILES string of the molecule is COCCNC(C(=O)O)c1ccc(C(F)(F)F)cc1. The van der Waals surface area contributed by atoms with Gasteiger partial charge in [-0.15, -0.1) is 0 Å². The predicted octanol–water partition coefficient (Wildman–Crippen LogP) is 2.07. The summed E-state index contributed by atoms with van der Waals surface area (Å²) in [4.78, 5) is 11.1. The molecule has 0 aromatic heterocycles.